The van der Waals surface area contributed by atoms with Gasteiger partial charge in [0.15, 0.2) is 22.7 Å². The number of imidazole rings is 1. The molecule has 2 aromatic rings. The van der Waals surface area contributed by atoms with Crippen LogP contribution < -0.4 is 5.49 Å². The highest BCUT2D eigenvalue weighted by molar-refractivity contribution is 7.54. The molecule has 3 atom stereocenters. The van der Waals surface area contributed by atoms with Crippen LogP contribution in [0.2, 0.25) is 0 Å². The van der Waals surface area contributed by atoms with E-state index in [2.05, 4.69) is 9.97 Å². The van der Waals surface area contributed by atoms with Crippen LogP contribution in [-0.2, 0) is 20.9 Å². The van der Waals surface area contributed by atoms with Gasteiger partial charge in [0.25, 0.3) is 0 Å². The van der Waals surface area contributed by atoms with Crippen molar-refractivity contribution in [2.45, 2.75) is 57.4 Å². The van der Waals surface area contributed by atoms with E-state index in [1.807, 2.05) is 0 Å². The number of aliphatic hydroxyl groups is 3. The van der Waals surface area contributed by atoms with E-state index in [-0.39, 0.29) is 18.5 Å². The molecule has 0 bridgehead atoms. The van der Waals surface area contributed by atoms with Gasteiger partial charge in [-0.1, -0.05) is 0 Å². The minimum absolute atomic E-state index is 0.0192. The fraction of sp³-hybridized carbons (Fsp3) is 0.706. The lowest BCUT2D eigenvalue weighted by atomic mass is 10.1. The van der Waals surface area contributed by atoms with Gasteiger partial charge in [0, 0.05) is 7.05 Å². The molecule has 0 aliphatic carbocycles. The number of nitrogens with zero attached hydrogens (tertiary/aromatic N) is 4. The Labute approximate surface area is 173 Å². The van der Waals surface area contributed by atoms with Crippen LogP contribution in [0.25, 0.3) is 11.2 Å². The van der Waals surface area contributed by atoms with Gasteiger partial charge in [-0.3, -0.25) is 14.5 Å². The number of hydrogen-bond acceptors (Lipinski definition) is 9. The smallest absolute Gasteiger partial charge is 0.359 e. The molecule has 0 spiro atoms. The number of aromatic nitrogens is 4. The van der Waals surface area contributed by atoms with Crippen LogP contribution >= 0.6 is 7.60 Å². The molecule has 2 heterocycles. The zero-order chi connectivity index (χ0) is 22.9. The first kappa shape index (κ1) is 24.6. The zero-order valence-electron chi connectivity index (χ0n) is 17.7. The molecule has 0 saturated carbocycles. The Morgan fingerprint density at radius 1 is 1.27 bits per heavy atom. The van der Waals surface area contributed by atoms with Crippen molar-refractivity contribution in [3.05, 3.63) is 18.1 Å². The number of rotatable bonds is 10. The number of nitrogens with one attached hydrogen (secondary N) is 1. The van der Waals surface area contributed by atoms with Crippen LogP contribution in [0, 0.1) is 5.41 Å². The Morgan fingerprint density at radius 2 is 1.90 bits per heavy atom. The molecule has 2 unspecified atom stereocenters. The highest BCUT2D eigenvalue weighted by Gasteiger charge is 2.43. The highest BCUT2D eigenvalue weighted by atomic mass is 31.2. The molecule has 170 valence electrons. The Balaban J connectivity index is 2.18. The molecule has 0 amide bonds. The monoisotopic (exact) mass is 447 g/mol. The van der Waals surface area contributed by atoms with Crippen molar-refractivity contribution in [1.82, 2.24) is 19.1 Å². The Kier molecular flexibility index (Phi) is 7.25. The van der Waals surface area contributed by atoms with Gasteiger partial charge >= 0.3 is 7.60 Å². The third-order valence-corrected chi connectivity index (χ3v) is 6.67. The standard InChI is InChI=1S/C17H30N5O7P/c1-16(2,29-30(26,27)17(3,4)25)6-7-28-15(11(24)8-23)22-10-19-12-13(18)21(5)9-20-14(12)22/h9-11,15,18,23-25H,6-8H2,1-5H3,(H,26,27)/t11-,15?/m1/s1. The van der Waals surface area contributed by atoms with Gasteiger partial charge in [-0.15, -0.1) is 0 Å². The van der Waals surface area contributed by atoms with Crippen LogP contribution in [0.5, 0.6) is 0 Å². The van der Waals surface area contributed by atoms with Gasteiger partial charge in [-0.2, -0.15) is 0 Å². The van der Waals surface area contributed by atoms with Crippen LogP contribution in [-0.4, -0.2) is 69.6 Å². The summed E-state index contributed by atoms with van der Waals surface area (Å²) in [7, 11) is -2.66. The molecule has 13 heteroatoms. The van der Waals surface area contributed by atoms with E-state index < -0.39 is 37.5 Å². The summed E-state index contributed by atoms with van der Waals surface area (Å²) in [6.07, 6.45) is 0.553. The fourth-order valence-electron chi connectivity index (χ4n) is 2.59. The van der Waals surface area contributed by atoms with Crippen LogP contribution in [0.15, 0.2) is 12.7 Å². The maximum absolute atomic E-state index is 12.2. The summed E-state index contributed by atoms with van der Waals surface area (Å²) in [5, 5.41) is 35.6. The first-order valence-corrected chi connectivity index (χ1v) is 10.9. The molecular formula is C17H30N5O7P. The molecule has 5 N–H and O–H groups in total. The van der Waals surface area contributed by atoms with E-state index in [0.717, 1.165) is 0 Å². The number of hydrogen-bond donors (Lipinski definition) is 5. The number of aryl methyl sites for hydroxylation is 1. The summed E-state index contributed by atoms with van der Waals surface area (Å²) in [4.78, 5) is 18.3. The molecule has 12 nitrogen and oxygen atoms in total. The molecule has 0 fully saturated rings. The molecule has 2 rings (SSSR count). The van der Waals surface area contributed by atoms with Crippen molar-refractivity contribution >= 4 is 18.8 Å². The van der Waals surface area contributed by atoms with Gasteiger partial charge in [-0.05, 0) is 34.1 Å². The largest absolute Gasteiger partial charge is 0.394 e. The molecule has 0 aromatic carbocycles. The lowest BCUT2D eigenvalue weighted by molar-refractivity contribution is -0.105. The van der Waals surface area contributed by atoms with Crippen molar-refractivity contribution in [1.29, 1.82) is 5.41 Å². The Morgan fingerprint density at radius 3 is 2.47 bits per heavy atom. The minimum Gasteiger partial charge on any atom is -0.394 e. The van der Waals surface area contributed by atoms with Crippen LogP contribution in [0.4, 0.5) is 0 Å². The van der Waals surface area contributed by atoms with Gasteiger partial charge in [0.05, 0.1) is 31.5 Å². The predicted octanol–water partition coefficient (Wildman–Crippen LogP) is 0.217. The zero-order valence-corrected chi connectivity index (χ0v) is 18.6. The fourth-order valence-corrected chi connectivity index (χ4v) is 3.57. The second-order valence-corrected chi connectivity index (χ2v) is 10.5. The van der Waals surface area contributed by atoms with Gasteiger partial charge < -0.3 is 34.0 Å². The first-order valence-electron chi connectivity index (χ1n) is 9.29. The summed E-state index contributed by atoms with van der Waals surface area (Å²) in [6.45, 7) is 4.90. The lowest BCUT2D eigenvalue weighted by Gasteiger charge is -2.33. The summed E-state index contributed by atoms with van der Waals surface area (Å²) in [5.74, 6) is 0. The van der Waals surface area contributed by atoms with E-state index in [1.165, 1.54) is 35.6 Å². The lowest BCUT2D eigenvalue weighted by Crippen LogP contribution is -2.33. The number of fused-ring (bicyclic) bond motifs is 1. The predicted molar refractivity (Wildman–Crippen MR) is 106 cm³/mol. The molecule has 2 aromatic heterocycles. The summed E-state index contributed by atoms with van der Waals surface area (Å²) < 4.78 is 26.1. The van der Waals surface area contributed by atoms with E-state index in [0.29, 0.717) is 11.2 Å². The SMILES string of the molecule is Cn1cnc2c(ncn2C(OCCC(C)(C)OP(=O)(O)C(C)(C)O)[C@H](O)CO)c1=N. The number of aliphatic hydroxyl groups excluding tert-OH is 2. The molecule has 0 radical (unpaired) electrons. The first-order chi connectivity index (χ1) is 13.7. The summed E-state index contributed by atoms with van der Waals surface area (Å²) >= 11 is 0. The van der Waals surface area contributed by atoms with Crippen molar-refractivity contribution in [2.24, 2.45) is 7.05 Å². The number of ether oxygens (including phenoxy) is 1. The van der Waals surface area contributed by atoms with Gasteiger partial charge in [0.2, 0.25) is 0 Å². The molecule has 30 heavy (non-hydrogen) atoms. The Bertz CT molecular complexity index is 981. The maximum atomic E-state index is 12.2. The van der Waals surface area contributed by atoms with Crippen molar-refractivity contribution in [3.8, 4) is 0 Å². The highest BCUT2D eigenvalue weighted by Crippen LogP contribution is 2.56. The van der Waals surface area contributed by atoms with E-state index >= 15 is 0 Å². The maximum Gasteiger partial charge on any atom is 0.359 e. The third kappa shape index (κ3) is 5.33. The quantitative estimate of drug-likeness (QED) is 0.319. The van der Waals surface area contributed by atoms with Crippen molar-refractivity contribution in [2.75, 3.05) is 13.2 Å². The van der Waals surface area contributed by atoms with Gasteiger partial charge in [0.1, 0.15) is 11.6 Å². The van der Waals surface area contributed by atoms with Crippen LogP contribution in [0.1, 0.15) is 40.3 Å². The molecule has 0 aliphatic heterocycles. The average Bonchev–Trinajstić information content (AvgIpc) is 3.03. The molecule has 0 aliphatic rings. The van der Waals surface area contributed by atoms with Crippen molar-refractivity contribution < 1.29 is 34.0 Å². The second-order valence-electron chi connectivity index (χ2n) is 8.16. The molecule has 0 saturated heterocycles. The van der Waals surface area contributed by atoms with Crippen molar-refractivity contribution in [3.63, 3.8) is 0 Å². The average molecular weight is 447 g/mol. The topological polar surface area (TPSA) is 176 Å². The Hall–Kier alpha value is -1.66. The molecular weight excluding hydrogens is 417 g/mol. The third-order valence-electron chi connectivity index (χ3n) is 4.54. The van der Waals surface area contributed by atoms with Crippen LogP contribution in [0.3, 0.4) is 0 Å². The summed E-state index contributed by atoms with van der Waals surface area (Å²) in [5.41, 5.74) is -0.409. The second kappa shape index (κ2) is 8.83. The van der Waals surface area contributed by atoms with E-state index in [9.17, 15) is 24.8 Å². The van der Waals surface area contributed by atoms with E-state index in [1.54, 1.807) is 20.9 Å². The van der Waals surface area contributed by atoms with Gasteiger partial charge in [-0.25, -0.2) is 9.97 Å². The summed E-state index contributed by atoms with van der Waals surface area (Å²) in [6, 6.07) is 0. The minimum atomic E-state index is -4.32. The normalized spacial score (nSPS) is 17.1. The van der Waals surface area contributed by atoms with E-state index in [4.69, 9.17) is 14.7 Å².